The summed E-state index contributed by atoms with van der Waals surface area (Å²) in [7, 11) is 5.33. The molecule has 0 spiro atoms. The molecule has 0 saturated carbocycles. The van der Waals surface area contributed by atoms with Gasteiger partial charge in [-0.3, -0.25) is 4.90 Å². The van der Waals surface area contributed by atoms with Crippen LogP contribution < -0.4 is 9.47 Å². The van der Waals surface area contributed by atoms with E-state index in [1.807, 2.05) is 18.2 Å². The van der Waals surface area contributed by atoms with Crippen LogP contribution >= 0.6 is 0 Å². The maximum absolute atomic E-state index is 9.97. The molecule has 2 atom stereocenters. The molecule has 1 aliphatic rings. The van der Waals surface area contributed by atoms with Crippen molar-refractivity contribution in [3.8, 4) is 11.5 Å². The molecule has 6 nitrogen and oxygen atoms in total. The SMILES string of the molecule is COc1ccc([C@@H]2[C@@H](CO)OCCN2Cc2ccc3ccn(C)c3c2)cc1OC. The van der Waals surface area contributed by atoms with E-state index in [-0.39, 0.29) is 18.8 Å². The first-order chi connectivity index (χ1) is 14.1. The number of morpholine rings is 1. The Morgan fingerprint density at radius 2 is 1.90 bits per heavy atom. The summed E-state index contributed by atoms with van der Waals surface area (Å²) in [6, 6.07) is 14.6. The zero-order valence-electron chi connectivity index (χ0n) is 17.2. The number of hydrogen-bond acceptors (Lipinski definition) is 5. The first-order valence-corrected chi connectivity index (χ1v) is 9.87. The number of hydrogen-bond donors (Lipinski definition) is 1. The summed E-state index contributed by atoms with van der Waals surface area (Å²) >= 11 is 0. The number of rotatable bonds is 6. The average Bonchev–Trinajstić information content (AvgIpc) is 3.13. The number of benzene rings is 2. The van der Waals surface area contributed by atoms with Crippen LogP contribution in [0.25, 0.3) is 10.9 Å². The van der Waals surface area contributed by atoms with E-state index >= 15 is 0 Å². The van der Waals surface area contributed by atoms with E-state index in [0.717, 1.165) is 18.7 Å². The third-order valence-corrected chi connectivity index (χ3v) is 5.72. The van der Waals surface area contributed by atoms with Gasteiger partial charge in [0, 0.05) is 31.9 Å². The predicted molar refractivity (Wildman–Crippen MR) is 112 cm³/mol. The lowest BCUT2D eigenvalue weighted by Gasteiger charge is -2.41. The lowest BCUT2D eigenvalue weighted by molar-refractivity contribution is -0.0960. The van der Waals surface area contributed by atoms with Crippen molar-refractivity contribution in [1.82, 2.24) is 9.47 Å². The molecule has 0 amide bonds. The van der Waals surface area contributed by atoms with Gasteiger partial charge in [0.1, 0.15) is 6.10 Å². The van der Waals surface area contributed by atoms with Crippen molar-refractivity contribution in [3.05, 3.63) is 59.8 Å². The Morgan fingerprint density at radius 1 is 1.07 bits per heavy atom. The van der Waals surface area contributed by atoms with Gasteiger partial charge in [0.25, 0.3) is 0 Å². The van der Waals surface area contributed by atoms with Crippen LogP contribution in [-0.4, -0.2) is 54.7 Å². The highest BCUT2D eigenvalue weighted by Crippen LogP contribution is 2.36. The van der Waals surface area contributed by atoms with Crippen molar-refractivity contribution < 1.29 is 19.3 Å². The Labute approximate surface area is 171 Å². The summed E-state index contributed by atoms with van der Waals surface area (Å²) in [4.78, 5) is 2.37. The van der Waals surface area contributed by atoms with Crippen LogP contribution in [0.5, 0.6) is 11.5 Å². The fourth-order valence-electron chi connectivity index (χ4n) is 4.22. The van der Waals surface area contributed by atoms with Gasteiger partial charge in [0.2, 0.25) is 0 Å². The molecule has 1 aliphatic heterocycles. The molecule has 0 bridgehead atoms. The van der Waals surface area contributed by atoms with Gasteiger partial charge in [-0.25, -0.2) is 0 Å². The zero-order chi connectivity index (χ0) is 20.4. The largest absolute Gasteiger partial charge is 0.493 e. The molecule has 1 saturated heterocycles. The van der Waals surface area contributed by atoms with E-state index in [1.54, 1.807) is 14.2 Å². The topological polar surface area (TPSA) is 56.1 Å². The summed E-state index contributed by atoms with van der Waals surface area (Å²) in [6.45, 7) is 2.13. The molecule has 1 N–H and O–H groups in total. The Bertz CT molecular complexity index is 984. The Balaban J connectivity index is 1.67. The molecule has 1 aromatic heterocycles. The van der Waals surface area contributed by atoms with Crippen LogP contribution in [-0.2, 0) is 18.3 Å². The third-order valence-electron chi connectivity index (χ3n) is 5.72. The van der Waals surface area contributed by atoms with Gasteiger partial charge >= 0.3 is 0 Å². The molecule has 3 aromatic rings. The molecule has 4 rings (SSSR count). The minimum atomic E-state index is -0.291. The molecule has 6 heteroatoms. The quantitative estimate of drug-likeness (QED) is 0.694. The van der Waals surface area contributed by atoms with E-state index < -0.39 is 0 Å². The van der Waals surface area contributed by atoms with Crippen LogP contribution in [0.3, 0.4) is 0 Å². The number of methoxy groups -OCH3 is 2. The van der Waals surface area contributed by atoms with Gasteiger partial charge in [-0.2, -0.15) is 0 Å². The minimum absolute atomic E-state index is 0.0354. The van der Waals surface area contributed by atoms with E-state index in [2.05, 4.69) is 47.0 Å². The van der Waals surface area contributed by atoms with Crippen LogP contribution in [0.15, 0.2) is 48.7 Å². The van der Waals surface area contributed by atoms with Gasteiger partial charge < -0.3 is 23.9 Å². The lowest BCUT2D eigenvalue weighted by atomic mass is 9.97. The van der Waals surface area contributed by atoms with Crippen LogP contribution in [0.2, 0.25) is 0 Å². The zero-order valence-corrected chi connectivity index (χ0v) is 17.2. The third kappa shape index (κ3) is 3.83. The molecule has 2 aromatic carbocycles. The number of nitrogens with zero attached hydrogens (tertiary/aromatic N) is 2. The predicted octanol–water partition coefficient (Wildman–Crippen LogP) is 3.13. The van der Waals surface area contributed by atoms with Crippen LogP contribution in [0.1, 0.15) is 17.2 Å². The molecule has 29 heavy (non-hydrogen) atoms. The van der Waals surface area contributed by atoms with Gasteiger partial charge in [-0.15, -0.1) is 0 Å². The monoisotopic (exact) mass is 396 g/mol. The van der Waals surface area contributed by atoms with E-state index in [1.165, 1.54) is 16.5 Å². The molecule has 2 heterocycles. The van der Waals surface area contributed by atoms with Crippen molar-refractivity contribution in [3.63, 3.8) is 0 Å². The summed E-state index contributed by atoms with van der Waals surface area (Å²) < 4.78 is 18.9. The smallest absolute Gasteiger partial charge is 0.161 e. The number of aliphatic hydroxyl groups is 1. The average molecular weight is 396 g/mol. The van der Waals surface area contributed by atoms with E-state index in [4.69, 9.17) is 14.2 Å². The molecule has 0 radical (unpaired) electrons. The van der Waals surface area contributed by atoms with Gasteiger partial charge in [-0.05, 0) is 40.8 Å². The summed E-state index contributed by atoms with van der Waals surface area (Å²) in [5.41, 5.74) is 3.50. The Morgan fingerprint density at radius 3 is 2.66 bits per heavy atom. The summed E-state index contributed by atoms with van der Waals surface area (Å²) in [5, 5.41) is 11.2. The molecule has 0 unspecified atom stereocenters. The summed E-state index contributed by atoms with van der Waals surface area (Å²) in [5.74, 6) is 1.37. The maximum Gasteiger partial charge on any atom is 0.161 e. The highest BCUT2D eigenvalue weighted by molar-refractivity contribution is 5.80. The number of aryl methyl sites for hydroxylation is 1. The number of aromatic nitrogens is 1. The number of ether oxygens (including phenoxy) is 3. The van der Waals surface area contributed by atoms with Crippen molar-refractivity contribution >= 4 is 10.9 Å². The second kappa shape index (κ2) is 8.45. The second-order valence-corrected chi connectivity index (χ2v) is 7.44. The van der Waals surface area contributed by atoms with Crippen LogP contribution in [0, 0.1) is 0 Å². The number of aliphatic hydroxyl groups excluding tert-OH is 1. The molecule has 1 fully saturated rings. The molecular weight excluding hydrogens is 368 g/mol. The van der Waals surface area contributed by atoms with Crippen LogP contribution in [0.4, 0.5) is 0 Å². The standard InChI is InChI=1S/C23H28N2O4/c1-24-9-8-17-5-4-16(12-19(17)24)14-25-10-11-29-22(15-26)23(25)18-6-7-20(27-2)21(13-18)28-3/h4-9,12-13,22-23,26H,10-11,14-15H2,1-3H3/t22-,23-/m1/s1. The normalized spacial score (nSPS) is 20.1. The summed E-state index contributed by atoms with van der Waals surface area (Å²) in [6.07, 6.45) is 1.79. The molecule has 154 valence electrons. The Kier molecular flexibility index (Phi) is 5.76. The highest BCUT2D eigenvalue weighted by Gasteiger charge is 2.33. The minimum Gasteiger partial charge on any atom is -0.493 e. The highest BCUT2D eigenvalue weighted by atomic mass is 16.5. The van der Waals surface area contributed by atoms with E-state index in [0.29, 0.717) is 18.1 Å². The Hall–Kier alpha value is -2.54. The first kappa shape index (κ1) is 19.8. The second-order valence-electron chi connectivity index (χ2n) is 7.44. The maximum atomic E-state index is 9.97. The fraction of sp³-hybridized carbons (Fsp3) is 0.391. The molecular formula is C23H28N2O4. The number of fused-ring (bicyclic) bond motifs is 1. The van der Waals surface area contributed by atoms with Gasteiger partial charge in [0.05, 0.1) is 33.5 Å². The van der Waals surface area contributed by atoms with E-state index in [9.17, 15) is 5.11 Å². The van der Waals surface area contributed by atoms with Crippen molar-refractivity contribution in [2.45, 2.75) is 18.7 Å². The van der Waals surface area contributed by atoms with Crippen molar-refractivity contribution in [2.75, 3.05) is 34.0 Å². The van der Waals surface area contributed by atoms with Gasteiger partial charge in [-0.1, -0.05) is 18.2 Å². The lowest BCUT2D eigenvalue weighted by Crippen LogP contribution is -2.46. The van der Waals surface area contributed by atoms with Gasteiger partial charge in [0.15, 0.2) is 11.5 Å². The molecule has 0 aliphatic carbocycles. The first-order valence-electron chi connectivity index (χ1n) is 9.87. The fourth-order valence-corrected chi connectivity index (χ4v) is 4.22. The van der Waals surface area contributed by atoms with Crippen molar-refractivity contribution in [2.24, 2.45) is 7.05 Å². The van der Waals surface area contributed by atoms with Crippen molar-refractivity contribution in [1.29, 1.82) is 0 Å².